The van der Waals surface area contributed by atoms with Crippen LogP contribution in [0.15, 0.2) is 71.5 Å². The quantitative estimate of drug-likeness (QED) is 0.762. The summed E-state index contributed by atoms with van der Waals surface area (Å²) >= 11 is 0. The van der Waals surface area contributed by atoms with E-state index in [4.69, 9.17) is 4.74 Å². The van der Waals surface area contributed by atoms with Crippen molar-refractivity contribution in [2.24, 2.45) is 0 Å². The van der Waals surface area contributed by atoms with Gasteiger partial charge < -0.3 is 15.2 Å². The van der Waals surface area contributed by atoms with Gasteiger partial charge in [0, 0.05) is 30.3 Å². The molecule has 0 amide bonds. The minimum atomic E-state index is -0.793. The first kappa shape index (κ1) is 17.8. The van der Waals surface area contributed by atoms with Crippen molar-refractivity contribution in [2.75, 3.05) is 6.54 Å². The van der Waals surface area contributed by atoms with E-state index in [1.165, 1.54) is 6.07 Å². The number of aliphatic hydroxyl groups is 1. The van der Waals surface area contributed by atoms with Crippen LogP contribution in [0.4, 0.5) is 4.39 Å². The van der Waals surface area contributed by atoms with Gasteiger partial charge in [0.25, 0.3) is 0 Å². The van der Waals surface area contributed by atoms with Crippen LogP contribution in [-0.2, 0) is 11.2 Å². The van der Waals surface area contributed by atoms with E-state index in [1.54, 1.807) is 23.4 Å². The van der Waals surface area contributed by atoms with Crippen LogP contribution in [0.5, 0.6) is 0 Å². The molecule has 1 atom stereocenters. The molecule has 2 aliphatic heterocycles. The van der Waals surface area contributed by atoms with Crippen molar-refractivity contribution >= 4 is 0 Å². The Morgan fingerprint density at radius 3 is 3.00 bits per heavy atom. The van der Waals surface area contributed by atoms with Crippen LogP contribution in [0.2, 0.25) is 0 Å². The van der Waals surface area contributed by atoms with Crippen molar-refractivity contribution < 1.29 is 14.2 Å². The van der Waals surface area contributed by atoms with Crippen LogP contribution >= 0.6 is 0 Å². The van der Waals surface area contributed by atoms with Crippen molar-refractivity contribution in [2.45, 2.75) is 38.5 Å². The third-order valence-electron chi connectivity index (χ3n) is 5.09. The zero-order valence-electron chi connectivity index (χ0n) is 15.5. The number of nitrogens with zero attached hydrogens (tertiary/aromatic N) is 1. The molecule has 1 aromatic carbocycles. The first-order chi connectivity index (χ1) is 13.0. The first-order valence-corrected chi connectivity index (χ1v) is 9.16. The molecule has 0 bridgehead atoms. The SMILES string of the molecule is CC1(C)NC2=C(C=C3OC=CC=C3C2)N(NCCc2ccccc2F)C1O. The molecule has 0 radical (unpaired) electrons. The Morgan fingerprint density at radius 1 is 1.37 bits per heavy atom. The second-order valence-corrected chi connectivity index (χ2v) is 7.53. The number of aliphatic hydroxyl groups excluding tert-OH is 1. The van der Waals surface area contributed by atoms with Crippen molar-refractivity contribution in [3.05, 3.63) is 82.9 Å². The summed E-state index contributed by atoms with van der Waals surface area (Å²) in [6, 6.07) is 6.76. The van der Waals surface area contributed by atoms with Gasteiger partial charge >= 0.3 is 0 Å². The number of ether oxygens (including phenoxy) is 1. The lowest BCUT2D eigenvalue weighted by Crippen LogP contribution is -2.64. The van der Waals surface area contributed by atoms with Crippen LogP contribution in [0.3, 0.4) is 0 Å². The maximum Gasteiger partial charge on any atom is 0.163 e. The van der Waals surface area contributed by atoms with E-state index >= 15 is 0 Å². The van der Waals surface area contributed by atoms with E-state index in [0.29, 0.717) is 24.9 Å². The smallest absolute Gasteiger partial charge is 0.163 e. The highest BCUT2D eigenvalue weighted by molar-refractivity contribution is 5.47. The Balaban J connectivity index is 1.56. The number of hydrogen-bond acceptors (Lipinski definition) is 5. The highest BCUT2D eigenvalue weighted by Crippen LogP contribution is 2.36. The highest BCUT2D eigenvalue weighted by Gasteiger charge is 2.41. The topological polar surface area (TPSA) is 56.8 Å². The number of hydrogen-bond donors (Lipinski definition) is 3. The average Bonchev–Trinajstić information content (AvgIpc) is 2.65. The third-order valence-corrected chi connectivity index (χ3v) is 5.09. The minimum absolute atomic E-state index is 0.211. The molecule has 0 saturated heterocycles. The summed E-state index contributed by atoms with van der Waals surface area (Å²) in [5.74, 6) is 0.572. The second kappa shape index (κ2) is 6.87. The molecule has 5 nitrogen and oxygen atoms in total. The van der Waals surface area contributed by atoms with E-state index in [-0.39, 0.29) is 5.82 Å². The number of fused-ring (bicyclic) bond motifs is 1. The van der Waals surface area contributed by atoms with E-state index in [0.717, 1.165) is 22.7 Å². The summed E-state index contributed by atoms with van der Waals surface area (Å²) in [5, 5.41) is 16.1. The molecule has 0 fully saturated rings. The molecule has 0 aromatic heterocycles. The normalized spacial score (nSPS) is 23.0. The van der Waals surface area contributed by atoms with Crippen LogP contribution < -0.4 is 10.7 Å². The lowest BCUT2D eigenvalue weighted by Gasteiger charge is -2.48. The molecule has 1 unspecified atom stereocenters. The molecule has 2 heterocycles. The zero-order valence-corrected chi connectivity index (χ0v) is 15.5. The molecule has 142 valence electrons. The fraction of sp³-hybridized carbons (Fsp3) is 0.333. The molecular weight excluding hydrogens is 345 g/mol. The van der Waals surface area contributed by atoms with Gasteiger partial charge in [-0.3, -0.25) is 5.01 Å². The largest absolute Gasteiger partial charge is 0.465 e. The summed E-state index contributed by atoms with van der Waals surface area (Å²) in [6.45, 7) is 4.41. The maximum atomic E-state index is 13.9. The first-order valence-electron chi connectivity index (χ1n) is 9.16. The fourth-order valence-corrected chi connectivity index (χ4v) is 3.61. The predicted octanol–water partition coefficient (Wildman–Crippen LogP) is 2.84. The Bertz CT molecular complexity index is 870. The van der Waals surface area contributed by atoms with Gasteiger partial charge in [-0.05, 0) is 38.0 Å². The van der Waals surface area contributed by atoms with Crippen LogP contribution in [0, 0.1) is 5.82 Å². The Labute approximate surface area is 158 Å². The standard InChI is InChI=1S/C21H24FN3O2/c1-21(2)20(26)25(23-10-9-14-6-3-4-8-16(14)22)18-13-19-15(7-5-11-27-19)12-17(18)24-21/h3-8,11,13,20,23-24,26H,9-10,12H2,1-2H3. The predicted molar refractivity (Wildman–Crippen MR) is 101 cm³/mol. The molecule has 3 aliphatic rings. The molecule has 6 heteroatoms. The molecule has 0 saturated carbocycles. The van der Waals surface area contributed by atoms with E-state index < -0.39 is 11.8 Å². The van der Waals surface area contributed by atoms with Crippen LogP contribution in [-0.4, -0.2) is 28.4 Å². The van der Waals surface area contributed by atoms with Crippen molar-refractivity contribution in [3.63, 3.8) is 0 Å². The molecule has 0 spiro atoms. The molecule has 4 rings (SSSR count). The monoisotopic (exact) mass is 369 g/mol. The van der Waals surface area contributed by atoms with Crippen LogP contribution in [0.1, 0.15) is 25.8 Å². The summed E-state index contributed by atoms with van der Waals surface area (Å²) in [7, 11) is 0. The van der Waals surface area contributed by atoms with Gasteiger partial charge in [0.05, 0.1) is 17.5 Å². The van der Waals surface area contributed by atoms with Crippen LogP contribution in [0.25, 0.3) is 0 Å². The number of halogens is 1. The van der Waals surface area contributed by atoms with Gasteiger partial charge in [0.1, 0.15) is 11.6 Å². The molecule has 27 heavy (non-hydrogen) atoms. The summed E-state index contributed by atoms with van der Waals surface area (Å²) < 4.78 is 19.5. The van der Waals surface area contributed by atoms with Gasteiger partial charge in [0.15, 0.2) is 6.23 Å². The number of hydrazine groups is 1. The van der Waals surface area contributed by atoms with E-state index in [1.807, 2.05) is 38.1 Å². The summed E-state index contributed by atoms with van der Waals surface area (Å²) in [4.78, 5) is 0. The number of benzene rings is 1. The van der Waals surface area contributed by atoms with Gasteiger partial charge in [-0.2, -0.15) is 0 Å². The van der Waals surface area contributed by atoms with E-state index in [2.05, 4.69) is 10.7 Å². The zero-order chi connectivity index (χ0) is 19.0. The minimum Gasteiger partial charge on any atom is -0.465 e. The maximum absolute atomic E-state index is 13.9. The molecule has 1 aliphatic carbocycles. The molecule has 1 aromatic rings. The Hall–Kier alpha value is -2.57. The van der Waals surface area contributed by atoms with Crippen molar-refractivity contribution in [3.8, 4) is 0 Å². The summed E-state index contributed by atoms with van der Waals surface area (Å²) in [6.07, 6.45) is 7.92. The second-order valence-electron chi connectivity index (χ2n) is 7.53. The average molecular weight is 369 g/mol. The third kappa shape index (κ3) is 3.38. The van der Waals surface area contributed by atoms with Gasteiger partial charge in [-0.15, -0.1) is 0 Å². The molecule has 3 N–H and O–H groups in total. The Kier molecular flexibility index (Phi) is 4.53. The lowest BCUT2D eigenvalue weighted by atomic mass is 9.91. The molecular formula is C21H24FN3O2. The highest BCUT2D eigenvalue weighted by atomic mass is 19.1. The Morgan fingerprint density at radius 2 is 2.19 bits per heavy atom. The van der Waals surface area contributed by atoms with E-state index in [9.17, 15) is 9.50 Å². The van der Waals surface area contributed by atoms with Gasteiger partial charge in [-0.25, -0.2) is 9.82 Å². The van der Waals surface area contributed by atoms with Crippen molar-refractivity contribution in [1.82, 2.24) is 15.8 Å². The van der Waals surface area contributed by atoms with Gasteiger partial charge in [0.2, 0.25) is 0 Å². The van der Waals surface area contributed by atoms with Crippen molar-refractivity contribution in [1.29, 1.82) is 0 Å². The fourth-order valence-electron chi connectivity index (χ4n) is 3.61. The summed E-state index contributed by atoms with van der Waals surface area (Å²) in [5.41, 5.74) is 6.36. The number of allylic oxidation sites excluding steroid dienone is 5. The number of rotatable bonds is 4. The lowest BCUT2D eigenvalue weighted by molar-refractivity contribution is -0.0691. The van der Waals surface area contributed by atoms with Gasteiger partial charge in [-0.1, -0.05) is 24.3 Å². The number of nitrogens with one attached hydrogen (secondary N) is 2.